The molecule has 0 aliphatic carbocycles. The summed E-state index contributed by atoms with van der Waals surface area (Å²) in [6.07, 6.45) is 4.68. The van der Waals surface area contributed by atoms with Gasteiger partial charge in [-0.05, 0) is 38.0 Å². The Hall–Kier alpha value is -2.04. The number of nitrogen functional groups attached to an aromatic ring is 1. The van der Waals surface area contributed by atoms with Crippen LogP contribution < -0.4 is 10.6 Å². The van der Waals surface area contributed by atoms with Crippen molar-refractivity contribution >= 4 is 11.5 Å². The highest BCUT2D eigenvalue weighted by Crippen LogP contribution is 2.27. The lowest BCUT2D eigenvalue weighted by molar-refractivity contribution is 0.585. The van der Waals surface area contributed by atoms with Gasteiger partial charge in [-0.15, -0.1) is 0 Å². The Morgan fingerprint density at radius 3 is 2.55 bits per heavy atom. The second-order valence-corrected chi connectivity index (χ2v) is 4.92. The molecule has 2 heterocycles. The van der Waals surface area contributed by atoms with Crippen molar-refractivity contribution in [3.63, 3.8) is 0 Å². The van der Waals surface area contributed by atoms with Crippen LogP contribution in [-0.4, -0.2) is 21.3 Å². The average molecular weight is 273 g/mol. The Morgan fingerprint density at radius 1 is 1.25 bits per heavy atom. The molecular weight excluding hydrogens is 250 g/mol. The van der Waals surface area contributed by atoms with E-state index in [0.717, 1.165) is 43.3 Å². The summed E-state index contributed by atoms with van der Waals surface area (Å²) in [6, 6.07) is 4.07. The molecule has 0 atom stereocenters. The fraction of sp³-hybridized carbons (Fsp3) is 0.467. The van der Waals surface area contributed by atoms with E-state index in [1.165, 1.54) is 5.56 Å². The third-order valence-corrected chi connectivity index (χ3v) is 3.39. The van der Waals surface area contributed by atoms with Crippen LogP contribution in [0.3, 0.4) is 0 Å². The van der Waals surface area contributed by atoms with E-state index >= 15 is 0 Å². The van der Waals surface area contributed by atoms with Crippen LogP contribution in [0.15, 0.2) is 24.5 Å². The minimum absolute atomic E-state index is 0.786. The predicted octanol–water partition coefficient (Wildman–Crippen LogP) is 2.61. The monoisotopic (exact) mass is 273 g/mol. The Bertz CT molecular complexity index is 547. The molecule has 2 rings (SSSR count). The van der Waals surface area contributed by atoms with Gasteiger partial charge in [0.05, 0.1) is 11.4 Å². The summed E-state index contributed by atoms with van der Waals surface area (Å²) < 4.78 is 2.02. The van der Waals surface area contributed by atoms with Gasteiger partial charge in [-0.3, -0.25) is 4.98 Å². The molecular formula is C15H23N5. The Balaban J connectivity index is 2.31. The van der Waals surface area contributed by atoms with E-state index in [4.69, 9.17) is 5.73 Å². The van der Waals surface area contributed by atoms with Crippen LogP contribution in [0.1, 0.15) is 31.5 Å². The third-order valence-electron chi connectivity index (χ3n) is 3.39. The number of anilines is 2. The molecule has 0 fully saturated rings. The zero-order chi connectivity index (χ0) is 14.5. The number of nitrogens with two attached hydrogens (primary N) is 1. The normalized spacial score (nSPS) is 10.8. The van der Waals surface area contributed by atoms with Crippen LogP contribution in [0.25, 0.3) is 0 Å². The second-order valence-electron chi connectivity index (χ2n) is 4.92. The molecule has 0 amide bonds. The highest BCUT2D eigenvalue weighted by Gasteiger charge is 2.17. The molecule has 0 radical (unpaired) electrons. The highest BCUT2D eigenvalue weighted by atomic mass is 15.4. The van der Waals surface area contributed by atoms with Gasteiger partial charge in [-0.25, -0.2) is 4.68 Å². The van der Waals surface area contributed by atoms with E-state index in [0.29, 0.717) is 0 Å². The molecule has 0 saturated carbocycles. The van der Waals surface area contributed by atoms with E-state index in [2.05, 4.69) is 28.8 Å². The largest absolute Gasteiger partial charge is 0.394 e. The first-order valence-corrected chi connectivity index (χ1v) is 7.14. The minimum atomic E-state index is 0.786. The Morgan fingerprint density at radius 2 is 1.95 bits per heavy atom. The van der Waals surface area contributed by atoms with Gasteiger partial charge in [0.25, 0.3) is 0 Å². The molecule has 0 spiro atoms. The summed E-state index contributed by atoms with van der Waals surface area (Å²) in [5.74, 6) is 1.03. The van der Waals surface area contributed by atoms with Crippen molar-refractivity contribution in [2.75, 3.05) is 17.2 Å². The predicted molar refractivity (Wildman–Crippen MR) is 82.6 cm³/mol. The van der Waals surface area contributed by atoms with Crippen LogP contribution in [0, 0.1) is 6.92 Å². The molecule has 0 bridgehead atoms. The molecule has 2 aromatic heterocycles. The summed E-state index contributed by atoms with van der Waals surface area (Å²) >= 11 is 0. The maximum absolute atomic E-state index is 6.23. The first-order chi connectivity index (χ1) is 9.67. The maximum Gasteiger partial charge on any atom is 0.150 e. The molecule has 0 aliphatic rings. The van der Waals surface area contributed by atoms with Crippen LogP contribution >= 0.6 is 0 Å². The third kappa shape index (κ3) is 2.92. The first kappa shape index (κ1) is 14.4. The van der Waals surface area contributed by atoms with Crippen molar-refractivity contribution in [1.29, 1.82) is 0 Å². The van der Waals surface area contributed by atoms with Gasteiger partial charge in [0.2, 0.25) is 0 Å². The average Bonchev–Trinajstić information content (AvgIpc) is 2.73. The molecule has 0 aromatic carbocycles. The topological polar surface area (TPSA) is 60.0 Å². The summed E-state index contributed by atoms with van der Waals surface area (Å²) in [5, 5.41) is 4.55. The van der Waals surface area contributed by atoms with E-state index in [-0.39, 0.29) is 0 Å². The molecule has 0 unspecified atom stereocenters. The SMILES string of the molecule is CCCn1nc(C)c(N)c1N(CC)Cc1ccncc1. The Kier molecular flexibility index (Phi) is 4.61. The summed E-state index contributed by atoms with van der Waals surface area (Å²) in [7, 11) is 0. The van der Waals surface area contributed by atoms with Crippen LogP contribution in [0.2, 0.25) is 0 Å². The number of aryl methyl sites for hydroxylation is 2. The van der Waals surface area contributed by atoms with Gasteiger partial charge in [0.15, 0.2) is 5.82 Å². The molecule has 5 nitrogen and oxygen atoms in total. The van der Waals surface area contributed by atoms with Crippen molar-refractivity contribution < 1.29 is 0 Å². The number of hydrogen-bond acceptors (Lipinski definition) is 4. The van der Waals surface area contributed by atoms with E-state index in [1.54, 1.807) is 0 Å². The lowest BCUT2D eigenvalue weighted by Crippen LogP contribution is -2.26. The summed E-state index contributed by atoms with van der Waals surface area (Å²) in [5.41, 5.74) is 9.14. The zero-order valence-electron chi connectivity index (χ0n) is 12.5. The van der Waals surface area contributed by atoms with Crippen LogP contribution in [0.4, 0.5) is 11.5 Å². The van der Waals surface area contributed by atoms with Crippen molar-refractivity contribution in [2.24, 2.45) is 0 Å². The van der Waals surface area contributed by atoms with E-state index in [9.17, 15) is 0 Å². The molecule has 0 saturated heterocycles. The summed E-state index contributed by atoms with van der Waals surface area (Å²) in [6.45, 7) is 8.85. The van der Waals surface area contributed by atoms with Gasteiger partial charge in [-0.2, -0.15) is 5.10 Å². The van der Waals surface area contributed by atoms with Gasteiger partial charge >= 0.3 is 0 Å². The van der Waals surface area contributed by atoms with Crippen molar-refractivity contribution in [1.82, 2.24) is 14.8 Å². The van der Waals surface area contributed by atoms with Crippen LogP contribution in [0.5, 0.6) is 0 Å². The first-order valence-electron chi connectivity index (χ1n) is 7.14. The second kappa shape index (κ2) is 6.41. The van der Waals surface area contributed by atoms with Crippen molar-refractivity contribution in [2.45, 2.75) is 40.3 Å². The molecule has 108 valence electrons. The lowest BCUT2D eigenvalue weighted by Gasteiger charge is -2.24. The standard InChI is InChI=1S/C15H23N5/c1-4-10-20-15(14(16)12(3)18-20)19(5-2)11-13-6-8-17-9-7-13/h6-9H,4-5,10-11,16H2,1-3H3. The van der Waals surface area contributed by atoms with Gasteiger partial charge in [0, 0.05) is 32.0 Å². The number of pyridine rings is 1. The maximum atomic E-state index is 6.23. The van der Waals surface area contributed by atoms with E-state index < -0.39 is 0 Å². The number of rotatable bonds is 6. The Labute approximate surface area is 120 Å². The molecule has 20 heavy (non-hydrogen) atoms. The van der Waals surface area contributed by atoms with Crippen molar-refractivity contribution in [3.05, 3.63) is 35.8 Å². The number of nitrogens with zero attached hydrogens (tertiary/aromatic N) is 4. The lowest BCUT2D eigenvalue weighted by atomic mass is 10.2. The quantitative estimate of drug-likeness (QED) is 0.879. The molecule has 2 N–H and O–H groups in total. The summed E-state index contributed by atoms with van der Waals surface area (Å²) in [4.78, 5) is 6.32. The van der Waals surface area contributed by atoms with Crippen LogP contribution in [-0.2, 0) is 13.1 Å². The molecule has 0 aliphatic heterocycles. The number of hydrogen-bond donors (Lipinski definition) is 1. The van der Waals surface area contributed by atoms with E-state index in [1.807, 2.05) is 36.1 Å². The van der Waals surface area contributed by atoms with Gasteiger partial charge in [-0.1, -0.05) is 6.92 Å². The van der Waals surface area contributed by atoms with Crippen molar-refractivity contribution in [3.8, 4) is 0 Å². The number of aromatic nitrogens is 3. The highest BCUT2D eigenvalue weighted by molar-refractivity contribution is 5.66. The fourth-order valence-corrected chi connectivity index (χ4v) is 2.33. The molecule has 2 aromatic rings. The minimum Gasteiger partial charge on any atom is -0.394 e. The fourth-order valence-electron chi connectivity index (χ4n) is 2.33. The van der Waals surface area contributed by atoms with Gasteiger partial charge in [0.1, 0.15) is 0 Å². The van der Waals surface area contributed by atoms with Gasteiger partial charge < -0.3 is 10.6 Å². The zero-order valence-corrected chi connectivity index (χ0v) is 12.5. The molecule has 5 heteroatoms. The smallest absolute Gasteiger partial charge is 0.150 e.